The van der Waals surface area contributed by atoms with Gasteiger partial charge in [0.15, 0.2) is 0 Å². The van der Waals surface area contributed by atoms with Gasteiger partial charge in [0.05, 0.1) is 44.7 Å². The molecule has 0 fully saturated rings. The lowest BCUT2D eigenvalue weighted by Gasteiger charge is -2.28. The molecule has 1 N–H and O–H groups in total. The fourth-order valence-electron chi connectivity index (χ4n) is 9.88. The standard InChI is InChI=1S/C62H60N4O/c1-38-19-18-20-39(2)57(38)65-52-27-25-43(50-34-42(31-32-63-50)40-21-14-12-15-22-40)33-47(52)55-53(65)29-30-54-56(55)64-59(48-36-45(61(6,7)8)37-49(58(48)67)62(9,10)11)66(54)51-28-26-44(60(3,4)5)35-46(51)41-23-16-13-17-24-41/h12-37,67H,1-11H3. The van der Waals surface area contributed by atoms with E-state index in [-0.39, 0.29) is 22.0 Å². The summed E-state index contributed by atoms with van der Waals surface area (Å²) < 4.78 is 4.74. The predicted octanol–water partition coefficient (Wildman–Crippen LogP) is 16.4. The van der Waals surface area contributed by atoms with Gasteiger partial charge in [0.2, 0.25) is 0 Å². The summed E-state index contributed by atoms with van der Waals surface area (Å²) >= 11 is 0. The van der Waals surface area contributed by atoms with Crippen molar-refractivity contribution in [1.82, 2.24) is 19.1 Å². The summed E-state index contributed by atoms with van der Waals surface area (Å²) in [6, 6.07) is 54.5. The van der Waals surface area contributed by atoms with Gasteiger partial charge in [0.25, 0.3) is 0 Å². The van der Waals surface area contributed by atoms with Gasteiger partial charge in [-0.3, -0.25) is 9.55 Å². The van der Waals surface area contributed by atoms with Crippen LogP contribution in [0.15, 0.2) is 158 Å². The fraction of sp³-hybridized carbons (Fsp3) is 0.226. The van der Waals surface area contributed by atoms with Gasteiger partial charge in [0, 0.05) is 33.7 Å². The Morgan fingerprint density at radius 3 is 1.76 bits per heavy atom. The molecule has 0 saturated carbocycles. The summed E-state index contributed by atoms with van der Waals surface area (Å²) in [5.41, 5.74) is 18.3. The molecule has 3 aromatic heterocycles. The van der Waals surface area contributed by atoms with Crippen molar-refractivity contribution in [3.05, 3.63) is 186 Å². The van der Waals surface area contributed by atoms with Gasteiger partial charge in [-0.25, -0.2) is 4.98 Å². The average molecular weight is 877 g/mol. The number of para-hydroxylation sites is 1. The summed E-state index contributed by atoms with van der Waals surface area (Å²) in [5, 5.41) is 14.8. The molecule has 334 valence electrons. The number of hydrogen-bond donors (Lipinski definition) is 1. The lowest BCUT2D eigenvalue weighted by Crippen LogP contribution is -2.17. The molecule has 0 radical (unpaired) electrons. The van der Waals surface area contributed by atoms with E-state index in [1.54, 1.807) is 0 Å². The van der Waals surface area contributed by atoms with E-state index in [1.165, 1.54) is 16.7 Å². The van der Waals surface area contributed by atoms with E-state index < -0.39 is 0 Å². The normalized spacial score (nSPS) is 12.5. The largest absolute Gasteiger partial charge is 0.507 e. The van der Waals surface area contributed by atoms with Crippen LogP contribution in [0.4, 0.5) is 0 Å². The third-order valence-corrected chi connectivity index (χ3v) is 13.6. The summed E-state index contributed by atoms with van der Waals surface area (Å²) in [6.45, 7) is 24.4. The Balaban J connectivity index is 1.37. The Morgan fingerprint density at radius 1 is 0.478 bits per heavy atom. The van der Waals surface area contributed by atoms with Crippen LogP contribution in [0.1, 0.15) is 90.1 Å². The zero-order valence-corrected chi connectivity index (χ0v) is 40.7. The zero-order chi connectivity index (χ0) is 47.2. The second-order valence-electron chi connectivity index (χ2n) is 21.5. The number of aromatic hydroxyl groups is 1. The predicted molar refractivity (Wildman–Crippen MR) is 282 cm³/mol. The Hall–Kier alpha value is -7.24. The van der Waals surface area contributed by atoms with E-state index in [1.807, 2.05) is 6.20 Å². The molecule has 0 amide bonds. The first-order valence-electron chi connectivity index (χ1n) is 23.6. The maximum Gasteiger partial charge on any atom is 0.149 e. The average Bonchev–Trinajstić information content (AvgIpc) is 3.84. The molecule has 5 heteroatoms. The number of phenols is 1. The maximum absolute atomic E-state index is 12.7. The number of aryl methyl sites for hydroxylation is 2. The smallest absolute Gasteiger partial charge is 0.149 e. The molecule has 67 heavy (non-hydrogen) atoms. The van der Waals surface area contributed by atoms with Crippen molar-refractivity contribution >= 4 is 32.8 Å². The van der Waals surface area contributed by atoms with Crippen LogP contribution in [0.5, 0.6) is 5.75 Å². The van der Waals surface area contributed by atoms with Gasteiger partial charge >= 0.3 is 0 Å². The molecular weight excluding hydrogens is 817 g/mol. The van der Waals surface area contributed by atoms with E-state index in [0.717, 1.165) is 88.9 Å². The van der Waals surface area contributed by atoms with Crippen LogP contribution in [0.2, 0.25) is 0 Å². The van der Waals surface area contributed by atoms with E-state index in [2.05, 4.69) is 237 Å². The van der Waals surface area contributed by atoms with Crippen LogP contribution in [-0.4, -0.2) is 24.2 Å². The molecule has 7 aromatic carbocycles. The van der Waals surface area contributed by atoms with E-state index in [4.69, 9.17) is 9.97 Å². The topological polar surface area (TPSA) is 55.9 Å². The summed E-state index contributed by atoms with van der Waals surface area (Å²) in [7, 11) is 0. The minimum absolute atomic E-state index is 0.0856. The van der Waals surface area contributed by atoms with Gasteiger partial charge < -0.3 is 9.67 Å². The first kappa shape index (κ1) is 43.6. The van der Waals surface area contributed by atoms with E-state index >= 15 is 0 Å². The summed E-state index contributed by atoms with van der Waals surface area (Å²) in [4.78, 5) is 10.8. The third kappa shape index (κ3) is 7.61. The van der Waals surface area contributed by atoms with Crippen LogP contribution in [0.25, 0.3) is 89.1 Å². The fourth-order valence-corrected chi connectivity index (χ4v) is 9.88. The molecule has 10 rings (SSSR count). The maximum atomic E-state index is 12.7. The van der Waals surface area contributed by atoms with Crippen molar-refractivity contribution in [2.24, 2.45) is 0 Å². The Morgan fingerprint density at radius 2 is 1.10 bits per heavy atom. The van der Waals surface area contributed by atoms with Crippen LogP contribution < -0.4 is 0 Å². The van der Waals surface area contributed by atoms with Crippen LogP contribution in [0, 0.1) is 13.8 Å². The highest BCUT2D eigenvalue weighted by atomic mass is 16.3. The third-order valence-electron chi connectivity index (χ3n) is 13.6. The van der Waals surface area contributed by atoms with Crippen molar-refractivity contribution in [3.63, 3.8) is 0 Å². The second kappa shape index (κ2) is 16.0. The zero-order valence-electron chi connectivity index (χ0n) is 40.7. The van der Waals surface area contributed by atoms with Gasteiger partial charge in [0.1, 0.15) is 11.6 Å². The molecule has 0 aliphatic rings. The molecule has 0 unspecified atom stereocenters. The first-order valence-corrected chi connectivity index (χ1v) is 23.6. The number of pyridine rings is 1. The summed E-state index contributed by atoms with van der Waals surface area (Å²) in [6.07, 6.45) is 1.91. The highest BCUT2D eigenvalue weighted by Crippen LogP contribution is 2.47. The molecule has 0 atom stereocenters. The molecule has 10 aromatic rings. The molecule has 5 nitrogen and oxygen atoms in total. The summed E-state index contributed by atoms with van der Waals surface area (Å²) in [5.74, 6) is 0.948. The van der Waals surface area contributed by atoms with E-state index in [9.17, 15) is 5.11 Å². The Labute approximate surface area is 395 Å². The number of nitrogens with zero attached hydrogens (tertiary/aromatic N) is 4. The number of aromatic nitrogens is 4. The molecule has 3 heterocycles. The number of hydrogen-bond acceptors (Lipinski definition) is 3. The van der Waals surface area contributed by atoms with Crippen molar-refractivity contribution in [1.29, 1.82) is 0 Å². The van der Waals surface area contributed by atoms with Gasteiger partial charge in [-0.1, -0.05) is 159 Å². The van der Waals surface area contributed by atoms with Crippen molar-refractivity contribution < 1.29 is 5.11 Å². The molecule has 0 bridgehead atoms. The Kier molecular flexibility index (Phi) is 10.4. The molecule has 0 saturated heterocycles. The minimum atomic E-state index is -0.338. The van der Waals surface area contributed by atoms with Crippen LogP contribution >= 0.6 is 0 Å². The van der Waals surface area contributed by atoms with Gasteiger partial charge in [-0.15, -0.1) is 0 Å². The Bertz CT molecular complexity index is 3510. The number of fused-ring (bicyclic) bond motifs is 5. The lowest BCUT2D eigenvalue weighted by molar-refractivity contribution is 0.446. The highest BCUT2D eigenvalue weighted by molar-refractivity contribution is 6.21. The molecule has 0 aliphatic heterocycles. The molecule has 0 spiro atoms. The lowest BCUT2D eigenvalue weighted by atomic mass is 9.79. The number of imidazole rings is 1. The number of phenolic OH excluding ortho intramolecular Hbond substituents is 1. The van der Waals surface area contributed by atoms with Crippen molar-refractivity contribution in [3.8, 4) is 62.0 Å². The van der Waals surface area contributed by atoms with Crippen LogP contribution in [0.3, 0.4) is 0 Å². The van der Waals surface area contributed by atoms with Gasteiger partial charge in [-0.2, -0.15) is 0 Å². The van der Waals surface area contributed by atoms with Gasteiger partial charge in [-0.05, 0) is 124 Å². The highest BCUT2D eigenvalue weighted by Gasteiger charge is 2.30. The van der Waals surface area contributed by atoms with Crippen molar-refractivity contribution in [2.75, 3.05) is 0 Å². The molecule has 0 aliphatic carbocycles. The van der Waals surface area contributed by atoms with Crippen LogP contribution in [-0.2, 0) is 16.2 Å². The monoisotopic (exact) mass is 876 g/mol. The van der Waals surface area contributed by atoms with E-state index in [0.29, 0.717) is 11.4 Å². The number of benzene rings is 7. The van der Waals surface area contributed by atoms with Crippen molar-refractivity contribution in [2.45, 2.75) is 92.4 Å². The quantitative estimate of drug-likeness (QED) is 0.181. The SMILES string of the molecule is Cc1cccc(C)c1-n1c2ccc(-c3cc(-c4ccccc4)ccn3)cc2c2c3nc(-c4cc(C(C)(C)C)cc(C(C)(C)C)c4O)n(-c4ccc(C(C)(C)C)cc4-c4ccccc4)c3ccc21. The first-order chi connectivity index (χ1) is 31.9. The molecular formula is C62H60N4O. The minimum Gasteiger partial charge on any atom is -0.507 e. The number of rotatable bonds is 6. The second-order valence-corrected chi connectivity index (χ2v) is 21.5.